The van der Waals surface area contributed by atoms with Crippen LogP contribution in [0.1, 0.15) is 56.7 Å². The number of aliphatic hydroxyl groups is 1. The number of anilines is 1. The Morgan fingerprint density at radius 3 is 2.76 bits per heavy atom. The van der Waals surface area contributed by atoms with Crippen molar-refractivity contribution in [3.05, 3.63) is 10.6 Å². The Kier molecular flexibility index (Phi) is 3.73. The second-order valence-electron chi connectivity index (χ2n) is 5.02. The van der Waals surface area contributed by atoms with Crippen molar-refractivity contribution in [2.24, 2.45) is 0 Å². The predicted molar refractivity (Wildman–Crippen MR) is 72.7 cm³/mol. The fourth-order valence-corrected chi connectivity index (χ4v) is 3.89. The topological polar surface area (TPSA) is 36.4 Å². The maximum absolute atomic E-state index is 9.70. The van der Waals surface area contributed by atoms with Crippen LogP contribution in [0.4, 0.5) is 5.13 Å². The van der Waals surface area contributed by atoms with Gasteiger partial charge in [-0.1, -0.05) is 18.3 Å². The van der Waals surface area contributed by atoms with Gasteiger partial charge >= 0.3 is 0 Å². The minimum atomic E-state index is -0.403. The van der Waals surface area contributed by atoms with Crippen LogP contribution in [0, 0.1) is 6.92 Å². The van der Waals surface area contributed by atoms with Gasteiger partial charge in [-0.2, -0.15) is 0 Å². The van der Waals surface area contributed by atoms with Crippen molar-refractivity contribution in [3.63, 3.8) is 0 Å². The molecule has 3 unspecified atom stereocenters. The van der Waals surface area contributed by atoms with Crippen molar-refractivity contribution in [2.75, 3.05) is 4.90 Å². The van der Waals surface area contributed by atoms with E-state index in [1.165, 1.54) is 19.3 Å². The van der Waals surface area contributed by atoms with Crippen LogP contribution in [0.3, 0.4) is 0 Å². The van der Waals surface area contributed by atoms with Gasteiger partial charge in [0.25, 0.3) is 0 Å². The molecule has 1 aliphatic rings. The fourth-order valence-electron chi connectivity index (χ4n) is 2.71. The molecule has 0 aromatic carbocycles. The number of hydrogen-bond donors (Lipinski definition) is 1. The summed E-state index contributed by atoms with van der Waals surface area (Å²) in [5, 5.41) is 10.8. The molecule has 0 radical (unpaired) electrons. The number of thiazole rings is 1. The van der Waals surface area contributed by atoms with Gasteiger partial charge in [0.05, 0.1) is 16.7 Å². The summed E-state index contributed by atoms with van der Waals surface area (Å²) in [6.07, 6.45) is 3.29. The number of aromatic nitrogens is 1. The monoisotopic (exact) mass is 254 g/mol. The Balaban J connectivity index is 2.29. The fraction of sp³-hybridized carbons (Fsp3) is 0.769. The summed E-state index contributed by atoms with van der Waals surface area (Å²) >= 11 is 1.65. The van der Waals surface area contributed by atoms with Crippen molar-refractivity contribution in [3.8, 4) is 0 Å². The van der Waals surface area contributed by atoms with Crippen molar-refractivity contribution < 1.29 is 5.11 Å². The molecule has 1 aliphatic heterocycles. The summed E-state index contributed by atoms with van der Waals surface area (Å²) in [4.78, 5) is 8.10. The van der Waals surface area contributed by atoms with E-state index in [-0.39, 0.29) is 0 Å². The molecule has 0 saturated carbocycles. The van der Waals surface area contributed by atoms with Crippen molar-refractivity contribution in [2.45, 2.75) is 65.1 Å². The van der Waals surface area contributed by atoms with Gasteiger partial charge in [0.1, 0.15) is 0 Å². The summed E-state index contributed by atoms with van der Waals surface area (Å²) in [6, 6.07) is 1.20. The molecule has 3 nitrogen and oxygen atoms in total. The second kappa shape index (κ2) is 4.94. The molecular formula is C13H22N2OS. The van der Waals surface area contributed by atoms with Gasteiger partial charge in [-0.05, 0) is 40.0 Å². The van der Waals surface area contributed by atoms with Crippen LogP contribution >= 0.6 is 11.3 Å². The molecule has 2 rings (SSSR count). The number of rotatable bonds is 3. The Morgan fingerprint density at radius 2 is 2.24 bits per heavy atom. The first kappa shape index (κ1) is 12.8. The van der Waals surface area contributed by atoms with Crippen LogP contribution in [-0.4, -0.2) is 22.2 Å². The largest absolute Gasteiger partial charge is 0.388 e. The highest BCUT2D eigenvalue weighted by molar-refractivity contribution is 7.15. The van der Waals surface area contributed by atoms with Crippen LogP contribution in [0.2, 0.25) is 0 Å². The number of aryl methyl sites for hydroxylation is 1. The molecule has 4 heteroatoms. The highest BCUT2D eigenvalue weighted by Crippen LogP contribution is 2.37. The van der Waals surface area contributed by atoms with E-state index < -0.39 is 6.10 Å². The molecule has 0 aliphatic carbocycles. The van der Waals surface area contributed by atoms with Gasteiger partial charge in [-0.25, -0.2) is 4.98 Å². The Bertz CT molecular complexity index is 389. The SMILES string of the molecule is CCC1CCC(C)N1c1nc(C)c(C(C)O)s1. The van der Waals surface area contributed by atoms with E-state index >= 15 is 0 Å². The van der Waals surface area contributed by atoms with Gasteiger partial charge in [0.2, 0.25) is 0 Å². The normalized spacial score (nSPS) is 26.5. The summed E-state index contributed by atoms with van der Waals surface area (Å²) in [7, 11) is 0. The highest BCUT2D eigenvalue weighted by Gasteiger charge is 2.32. The summed E-state index contributed by atoms with van der Waals surface area (Å²) in [5.74, 6) is 0. The molecule has 2 heterocycles. The van der Waals surface area contributed by atoms with Crippen molar-refractivity contribution >= 4 is 16.5 Å². The maximum atomic E-state index is 9.70. The average molecular weight is 254 g/mol. The summed E-state index contributed by atoms with van der Waals surface area (Å²) in [6.45, 7) is 8.32. The molecule has 1 saturated heterocycles. The molecule has 1 N–H and O–H groups in total. The van der Waals surface area contributed by atoms with Gasteiger partial charge in [0, 0.05) is 12.1 Å². The first-order valence-corrected chi connectivity index (χ1v) is 7.30. The molecule has 0 spiro atoms. The molecular weight excluding hydrogens is 232 g/mol. The van der Waals surface area contributed by atoms with Gasteiger partial charge < -0.3 is 10.0 Å². The lowest BCUT2D eigenvalue weighted by Gasteiger charge is -2.27. The number of aliphatic hydroxyl groups excluding tert-OH is 1. The van der Waals surface area contributed by atoms with E-state index in [1.54, 1.807) is 11.3 Å². The van der Waals surface area contributed by atoms with E-state index in [9.17, 15) is 5.11 Å². The molecule has 3 atom stereocenters. The third kappa shape index (κ3) is 2.33. The number of hydrogen-bond acceptors (Lipinski definition) is 4. The molecule has 0 bridgehead atoms. The lowest BCUT2D eigenvalue weighted by atomic mass is 10.2. The maximum Gasteiger partial charge on any atom is 0.186 e. The van der Waals surface area contributed by atoms with E-state index in [4.69, 9.17) is 0 Å². The molecule has 1 fully saturated rings. The highest BCUT2D eigenvalue weighted by atomic mass is 32.1. The van der Waals surface area contributed by atoms with Crippen LogP contribution in [-0.2, 0) is 0 Å². The van der Waals surface area contributed by atoms with Crippen LogP contribution in [0.5, 0.6) is 0 Å². The van der Waals surface area contributed by atoms with Gasteiger partial charge in [-0.3, -0.25) is 0 Å². The van der Waals surface area contributed by atoms with E-state index in [2.05, 4.69) is 23.7 Å². The molecule has 0 amide bonds. The Labute approximate surface area is 107 Å². The molecule has 1 aromatic heterocycles. The lowest BCUT2D eigenvalue weighted by Crippen LogP contribution is -2.33. The molecule has 1 aromatic rings. The second-order valence-corrected chi connectivity index (χ2v) is 6.03. The zero-order chi connectivity index (χ0) is 12.6. The summed E-state index contributed by atoms with van der Waals surface area (Å²) < 4.78 is 0. The van der Waals surface area contributed by atoms with Crippen LogP contribution < -0.4 is 4.90 Å². The predicted octanol–water partition coefficient (Wildman–Crippen LogP) is 3.27. The Hall–Kier alpha value is -0.610. The van der Waals surface area contributed by atoms with Crippen molar-refractivity contribution in [1.82, 2.24) is 4.98 Å². The lowest BCUT2D eigenvalue weighted by molar-refractivity contribution is 0.202. The van der Waals surface area contributed by atoms with Gasteiger partial charge in [0.15, 0.2) is 5.13 Å². The first-order chi connectivity index (χ1) is 8.04. The smallest absolute Gasteiger partial charge is 0.186 e. The quantitative estimate of drug-likeness (QED) is 0.899. The third-order valence-electron chi connectivity index (χ3n) is 3.68. The minimum absolute atomic E-state index is 0.403. The zero-order valence-corrected chi connectivity index (χ0v) is 11.9. The van der Waals surface area contributed by atoms with E-state index in [1.807, 2.05) is 13.8 Å². The standard InChI is InChI=1S/C13H22N2OS/c1-5-11-7-6-8(2)15(11)13-14-9(3)12(17-13)10(4)16/h8,10-11,16H,5-7H2,1-4H3. The minimum Gasteiger partial charge on any atom is -0.388 e. The molecule has 96 valence electrons. The van der Waals surface area contributed by atoms with E-state index in [0.29, 0.717) is 12.1 Å². The van der Waals surface area contributed by atoms with Crippen LogP contribution in [0.15, 0.2) is 0 Å². The average Bonchev–Trinajstić information content (AvgIpc) is 2.81. The zero-order valence-electron chi connectivity index (χ0n) is 11.1. The van der Waals surface area contributed by atoms with Gasteiger partial charge in [-0.15, -0.1) is 0 Å². The Morgan fingerprint density at radius 1 is 1.53 bits per heavy atom. The number of nitrogens with zero attached hydrogens (tertiary/aromatic N) is 2. The first-order valence-electron chi connectivity index (χ1n) is 6.48. The van der Waals surface area contributed by atoms with Crippen LogP contribution in [0.25, 0.3) is 0 Å². The van der Waals surface area contributed by atoms with E-state index in [0.717, 1.165) is 15.7 Å². The molecule has 17 heavy (non-hydrogen) atoms. The van der Waals surface area contributed by atoms with Crippen molar-refractivity contribution in [1.29, 1.82) is 0 Å². The summed E-state index contributed by atoms with van der Waals surface area (Å²) in [5.41, 5.74) is 0.981. The third-order valence-corrected chi connectivity index (χ3v) is 5.02.